The van der Waals surface area contributed by atoms with Crippen molar-refractivity contribution in [1.29, 1.82) is 0 Å². The lowest BCUT2D eigenvalue weighted by Gasteiger charge is -2.30. The van der Waals surface area contributed by atoms with Crippen LogP contribution in [-0.2, 0) is 16.0 Å². The van der Waals surface area contributed by atoms with Crippen LogP contribution in [0.3, 0.4) is 0 Å². The zero-order valence-electron chi connectivity index (χ0n) is 15.5. The number of anilines is 1. The van der Waals surface area contributed by atoms with Crippen LogP contribution in [0.25, 0.3) is 0 Å². The van der Waals surface area contributed by atoms with Crippen molar-refractivity contribution in [2.24, 2.45) is 0 Å². The molecule has 1 aliphatic heterocycles. The molecule has 2 aromatic rings. The van der Waals surface area contributed by atoms with E-state index in [4.69, 9.17) is 0 Å². The van der Waals surface area contributed by atoms with Crippen LogP contribution in [0.2, 0.25) is 0 Å². The van der Waals surface area contributed by atoms with Crippen molar-refractivity contribution >= 4 is 29.3 Å². The van der Waals surface area contributed by atoms with Gasteiger partial charge in [0.25, 0.3) is 5.91 Å². The van der Waals surface area contributed by atoms with Gasteiger partial charge in [-0.25, -0.2) is 9.97 Å². The molecule has 0 bridgehead atoms. The molecule has 0 saturated carbocycles. The van der Waals surface area contributed by atoms with Crippen molar-refractivity contribution in [3.8, 4) is 0 Å². The zero-order valence-corrected chi connectivity index (χ0v) is 16.3. The van der Waals surface area contributed by atoms with Gasteiger partial charge in [0.2, 0.25) is 5.91 Å². The van der Waals surface area contributed by atoms with E-state index in [2.05, 4.69) is 26.9 Å². The van der Waals surface area contributed by atoms with E-state index in [9.17, 15) is 9.59 Å². The van der Waals surface area contributed by atoms with Crippen LogP contribution in [0.15, 0.2) is 35.5 Å². The second kappa shape index (κ2) is 8.85. The van der Waals surface area contributed by atoms with Crippen LogP contribution >= 0.6 is 11.8 Å². The lowest BCUT2D eigenvalue weighted by Crippen LogP contribution is -2.47. The maximum absolute atomic E-state index is 12.2. The molecule has 27 heavy (non-hydrogen) atoms. The highest BCUT2D eigenvalue weighted by Gasteiger charge is 2.18. The summed E-state index contributed by atoms with van der Waals surface area (Å²) in [6, 6.07) is 9.99. The molecule has 0 saturated heterocycles. The van der Waals surface area contributed by atoms with Gasteiger partial charge in [-0.15, -0.1) is 0 Å². The minimum atomic E-state index is -0.296. The van der Waals surface area contributed by atoms with Crippen LogP contribution in [0, 0.1) is 13.8 Å². The number of benzene rings is 1. The molecule has 3 rings (SSSR count). The molecule has 1 aromatic carbocycles. The Hall–Kier alpha value is -2.61. The summed E-state index contributed by atoms with van der Waals surface area (Å²) >= 11 is 1.24. The molecular formula is C19H23N5O2S. The molecule has 0 unspecified atom stereocenters. The van der Waals surface area contributed by atoms with Crippen LogP contribution in [0.1, 0.15) is 23.4 Å². The molecule has 2 heterocycles. The van der Waals surface area contributed by atoms with Gasteiger partial charge in [0.15, 0.2) is 5.16 Å². The summed E-state index contributed by atoms with van der Waals surface area (Å²) in [5.74, 6) is -0.404. The lowest BCUT2D eigenvalue weighted by molar-refractivity contribution is -0.126. The fraction of sp³-hybridized carbons (Fsp3) is 0.368. The van der Waals surface area contributed by atoms with Crippen molar-refractivity contribution in [3.63, 3.8) is 0 Å². The number of carbonyl (C=O) groups is 2. The number of carbonyl (C=O) groups excluding carboxylic acids is 2. The third-order valence-corrected chi connectivity index (χ3v) is 5.02. The summed E-state index contributed by atoms with van der Waals surface area (Å²) in [5, 5.41) is 0.555. The van der Waals surface area contributed by atoms with Gasteiger partial charge in [-0.3, -0.25) is 20.4 Å². The van der Waals surface area contributed by atoms with Crippen molar-refractivity contribution in [3.05, 3.63) is 47.3 Å². The molecule has 1 aromatic heterocycles. The molecule has 2 amide bonds. The summed E-state index contributed by atoms with van der Waals surface area (Å²) in [5.41, 5.74) is 9.01. The van der Waals surface area contributed by atoms with E-state index < -0.39 is 0 Å². The topological polar surface area (TPSA) is 87.2 Å². The van der Waals surface area contributed by atoms with E-state index in [1.165, 1.54) is 17.3 Å². The molecule has 2 N–H and O–H groups in total. The highest BCUT2D eigenvalue weighted by atomic mass is 32.2. The molecule has 7 nitrogen and oxygen atoms in total. The maximum Gasteiger partial charge on any atom is 0.257 e. The first-order valence-electron chi connectivity index (χ1n) is 8.87. The number of nitrogens with one attached hydrogen (secondary N) is 2. The van der Waals surface area contributed by atoms with Gasteiger partial charge in [-0.05, 0) is 44.4 Å². The largest absolute Gasteiger partial charge is 0.362 e. The number of fused-ring (bicyclic) bond motifs is 1. The number of aromatic nitrogens is 2. The Morgan fingerprint density at radius 1 is 1.11 bits per heavy atom. The number of nitrogens with zero attached hydrogens (tertiary/aromatic N) is 3. The highest BCUT2D eigenvalue weighted by Crippen LogP contribution is 2.26. The summed E-state index contributed by atoms with van der Waals surface area (Å²) in [7, 11) is 0. The quantitative estimate of drug-likeness (QED) is 0.464. The number of amides is 2. The Balaban J connectivity index is 1.45. The van der Waals surface area contributed by atoms with Gasteiger partial charge in [0, 0.05) is 23.6 Å². The van der Waals surface area contributed by atoms with E-state index >= 15 is 0 Å². The number of hydrazine groups is 1. The molecule has 0 fully saturated rings. The van der Waals surface area contributed by atoms with E-state index in [0.29, 0.717) is 5.16 Å². The third kappa shape index (κ3) is 5.43. The molecule has 1 aliphatic rings. The monoisotopic (exact) mass is 385 g/mol. The summed E-state index contributed by atoms with van der Waals surface area (Å²) in [6.45, 7) is 4.82. The van der Waals surface area contributed by atoms with E-state index in [-0.39, 0.29) is 24.1 Å². The minimum absolute atomic E-state index is 0.135. The van der Waals surface area contributed by atoms with Gasteiger partial charge < -0.3 is 4.90 Å². The molecule has 142 valence electrons. The predicted octanol–water partition coefficient (Wildman–Crippen LogP) is 1.79. The van der Waals surface area contributed by atoms with Gasteiger partial charge >= 0.3 is 0 Å². The first-order chi connectivity index (χ1) is 13.0. The molecule has 0 radical (unpaired) electrons. The summed E-state index contributed by atoms with van der Waals surface area (Å²) in [6.07, 6.45) is 2.05. The normalized spacial score (nSPS) is 13.0. The van der Waals surface area contributed by atoms with Crippen LogP contribution in [-0.4, -0.2) is 40.6 Å². The average Bonchev–Trinajstić information content (AvgIpc) is 2.64. The molecule has 0 atom stereocenters. The fourth-order valence-electron chi connectivity index (χ4n) is 3.05. The second-order valence-electron chi connectivity index (χ2n) is 6.47. The zero-order chi connectivity index (χ0) is 19.2. The van der Waals surface area contributed by atoms with E-state index in [1.54, 1.807) is 0 Å². The Labute approximate surface area is 162 Å². The van der Waals surface area contributed by atoms with E-state index in [0.717, 1.165) is 36.5 Å². The van der Waals surface area contributed by atoms with Gasteiger partial charge in [-0.1, -0.05) is 30.0 Å². The summed E-state index contributed by atoms with van der Waals surface area (Å²) in [4.78, 5) is 34.8. The number of rotatable bonds is 5. The third-order valence-electron chi connectivity index (χ3n) is 4.18. The first kappa shape index (κ1) is 19.2. The van der Waals surface area contributed by atoms with Gasteiger partial charge in [0.1, 0.15) is 0 Å². The number of para-hydroxylation sites is 1. The number of hydrogen-bond donors (Lipinski definition) is 2. The van der Waals surface area contributed by atoms with Crippen molar-refractivity contribution in [2.75, 3.05) is 23.7 Å². The Morgan fingerprint density at radius 2 is 1.81 bits per heavy atom. The standard InChI is InChI=1S/C19H23N5O2S/c1-13-10-14(2)21-19(20-13)27-12-18(26)23-22-17(25)11-24-9-5-7-15-6-3-4-8-16(15)24/h3-4,6,8,10H,5,7,9,11-12H2,1-2H3,(H,22,25)(H,23,26). The smallest absolute Gasteiger partial charge is 0.257 e. The molecule has 0 spiro atoms. The average molecular weight is 385 g/mol. The van der Waals surface area contributed by atoms with Crippen molar-refractivity contribution in [2.45, 2.75) is 31.8 Å². The lowest BCUT2D eigenvalue weighted by atomic mass is 10.0. The second-order valence-corrected chi connectivity index (χ2v) is 7.41. The summed E-state index contributed by atoms with van der Waals surface area (Å²) < 4.78 is 0. The van der Waals surface area contributed by atoms with Gasteiger partial charge in [0.05, 0.1) is 12.3 Å². The number of hydrogen-bond acceptors (Lipinski definition) is 6. The first-order valence-corrected chi connectivity index (χ1v) is 9.85. The number of aryl methyl sites for hydroxylation is 3. The Kier molecular flexibility index (Phi) is 6.28. The van der Waals surface area contributed by atoms with E-state index in [1.807, 2.05) is 43.0 Å². The Morgan fingerprint density at radius 3 is 2.59 bits per heavy atom. The molecule has 8 heteroatoms. The Bertz CT molecular complexity index is 822. The van der Waals surface area contributed by atoms with Crippen LogP contribution in [0.5, 0.6) is 0 Å². The SMILES string of the molecule is Cc1cc(C)nc(SCC(=O)NNC(=O)CN2CCCc3ccccc32)n1. The minimum Gasteiger partial charge on any atom is -0.362 e. The predicted molar refractivity (Wildman–Crippen MR) is 105 cm³/mol. The van der Waals surface area contributed by atoms with Crippen LogP contribution in [0.4, 0.5) is 5.69 Å². The molecular weight excluding hydrogens is 362 g/mol. The highest BCUT2D eigenvalue weighted by molar-refractivity contribution is 7.99. The van der Waals surface area contributed by atoms with Crippen LogP contribution < -0.4 is 15.8 Å². The fourth-order valence-corrected chi connectivity index (χ4v) is 3.80. The number of thioether (sulfide) groups is 1. The molecule has 0 aliphatic carbocycles. The van der Waals surface area contributed by atoms with Crippen molar-refractivity contribution in [1.82, 2.24) is 20.8 Å². The van der Waals surface area contributed by atoms with Gasteiger partial charge in [-0.2, -0.15) is 0 Å². The van der Waals surface area contributed by atoms with Crippen molar-refractivity contribution < 1.29 is 9.59 Å². The maximum atomic E-state index is 12.2.